The van der Waals surface area contributed by atoms with Crippen LogP contribution >= 0.6 is 0 Å². The first-order valence-corrected chi connectivity index (χ1v) is 5.86. The van der Waals surface area contributed by atoms with Crippen molar-refractivity contribution in [2.45, 2.75) is 31.9 Å². The molecule has 0 aromatic carbocycles. The predicted molar refractivity (Wildman–Crippen MR) is 60.9 cm³/mol. The van der Waals surface area contributed by atoms with Gasteiger partial charge in [-0.2, -0.15) is 0 Å². The maximum atomic E-state index is 5.75. The molecule has 4 heteroatoms. The SMILES string of the molecule is CCN(CC1CCCO1)C(CN)COC. The summed E-state index contributed by atoms with van der Waals surface area (Å²) in [5, 5.41) is 0. The maximum Gasteiger partial charge on any atom is 0.0702 e. The summed E-state index contributed by atoms with van der Waals surface area (Å²) in [5.41, 5.74) is 5.75. The Morgan fingerprint density at radius 2 is 2.40 bits per heavy atom. The van der Waals surface area contributed by atoms with Gasteiger partial charge >= 0.3 is 0 Å². The molecule has 15 heavy (non-hydrogen) atoms. The molecule has 2 N–H and O–H groups in total. The van der Waals surface area contributed by atoms with Gasteiger partial charge in [0.05, 0.1) is 12.7 Å². The van der Waals surface area contributed by atoms with Crippen molar-refractivity contribution in [3.8, 4) is 0 Å². The summed E-state index contributed by atoms with van der Waals surface area (Å²) < 4.78 is 10.8. The molecule has 0 aliphatic carbocycles. The molecule has 1 aliphatic rings. The minimum atomic E-state index is 0.323. The van der Waals surface area contributed by atoms with Crippen LogP contribution in [0.25, 0.3) is 0 Å². The van der Waals surface area contributed by atoms with E-state index in [2.05, 4.69) is 11.8 Å². The molecule has 2 unspecified atom stereocenters. The molecule has 0 spiro atoms. The molecule has 1 fully saturated rings. The van der Waals surface area contributed by atoms with Gasteiger partial charge in [-0.05, 0) is 19.4 Å². The van der Waals surface area contributed by atoms with Crippen molar-refractivity contribution in [2.24, 2.45) is 5.73 Å². The molecule has 1 rings (SSSR count). The highest BCUT2D eigenvalue weighted by Gasteiger charge is 2.22. The zero-order chi connectivity index (χ0) is 11.1. The van der Waals surface area contributed by atoms with Gasteiger partial charge in [0.1, 0.15) is 0 Å². The first-order chi connectivity index (χ1) is 7.31. The van der Waals surface area contributed by atoms with Gasteiger partial charge in [0.2, 0.25) is 0 Å². The molecule has 1 saturated heterocycles. The van der Waals surface area contributed by atoms with Gasteiger partial charge in [0, 0.05) is 32.8 Å². The largest absolute Gasteiger partial charge is 0.383 e. The van der Waals surface area contributed by atoms with Crippen molar-refractivity contribution >= 4 is 0 Å². The lowest BCUT2D eigenvalue weighted by Crippen LogP contribution is -2.46. The normalized spacial score (nSPS) is 23.6. The van der Waals surface area contributed by atoms with Crippen LogP contribution in [-0.4, -0.2) is 57.0 Å². The van der Waals surface area contributed by atoms with Crippen LogP contribution in [0.5, 0.6) is 0 Å². The van der Waals surface area contributed by atoms with E-state index in [1.165, 1.54) is 12.8 Å². The van der Waals surface area contributed by atoms with Crippen LogP contribution in [0.15, 0.2) is 0 Å². The molecular weight excluding hydrogens is 192 g/mol. The molecule has 90 valence electrons. The Bertz CT molecular complexity index is 161. The van der Waals surface area contributed by atoms with Crippen LogP contribution in [-0.2, 0) is 9.47 Å². The first kappa shape index (κ1) is 12.9. The maximum absolute atomic E-state index is 5.75. The van der Waals surface area contributed by atoms with E-state index in [0.29, 0.717) is 25.3 Å². The van der Waals surface area contributed by atoms with Crippen LogP contribution in [0, 0.1) is 0 Å². The summed E-state index contributed by atoms with van der Waals surface area (Å²) in [4.78, 5) is 2.36. The fourth-order valence-corrected chi connectivity index (χ4v) is 2.10. The summed E-state index contributed by atoms with van der Waals surface area (Å²) >= 11 is 0. The molecule has 0 amide bonds. The summed E-state index contributed by atoms with van der Waals surface area (Å²) in [6, 6.07) is 0.323. The fraction of sp³-hybridized carbons (Fsp3) is 1.00. The molecule has 4 nitrogen and oxygen atoms in total. The van der Waals surface area contributed by atoms with E-state index < -0.39 is 0 Å². The predicted octanol–water partition coefficient (Wildman–Crippen LogP) is 0.461. The molecule has 2 atom stereocenters. The number of likely N-dealkylation sites (N-methyl/N-ethyl adjacent to an activating group) is 1. The van der Waals surface area contributed by atoms with Crippen molar-refractivity contribution in [1.29, 1.82) is 0 Å². The van der Waals surface area contributed by atoms with Gasteiger partial charge in [-0.3, -0.25) is 4.90 Å². The Balaban J connectivity index is 2.37. The van der Waals surface area contributed by atoms with Crippen molar-refractivity contribution in [3.63, 3.8) is 0 Å². The van der Waals surface area contributed by atoms with Crippen molar-refractivity contribution in [3.05, 3.63) is 0 Å². The quantitative estimate of drug-likeness (QED) is 0.671. The smallest absolute Gasteiger partial charge is 0.0702 e. The highest BCUT2D eigenvalue weighted by atomic mass is 16.5. The van der Waals surface area contributed by atoms with E-state index in [9.17, 15) is 0 Å². The highest BCUT2D eigenvalue weighted by Crippen LogP contribution is 2.14. The topological polar surface area (TPSA) is 47.7 Å². The molecule has 0 saturated carbocycles. The molecule has 1 aliphatic heterocycles. The second-order valence-corrected chi connectivity index (χ2v) is 4.07. The van der Waals surface area contributed by atoms with E-state index >= 15 is 0 Å². The lowest BCUT2D eigenvalue weighted by atomic mass is 10.2. The average molecular weight is 216 g/mol. The van der Waals surface area contributed by atoms with Crippen LogP contribution in [0.3, 0.4) is 0 Å². The van der Waals surface area contributed by atoms with E-state index in [0.717, 1.165) is 19.7 Å². The first-order valence-electron chi connectivity index (χ1n) is 5.86. The fourth-order valence-electron chi connectivity index (χ4n) is 2.10. The number of nitrogens with zero attached hydrogens (tertiary/aromatic N) is 1. The van der Waals surface area contributed by atoms with Gasteiger partial charge in [0.25, 0.3) is 0 Å². The van der Waals surface area contributed by atoms with Gasteiger partial charge in [0.15, 0.2) is 0 Å². The average Bonchev–Trinajstić information content (AvgIpc) is 2.75. The lowest BCUT2D eigenvalue weighted by molar-refractivity contribution is 0.0381. The molecule has 1 heterocycles. The second kappa shape index (κ2) is 7.17. The third-order valence-corrected chi connectivity index (χ3v) is 3.02. The van der Waals surface area contributed by atoms with E-state index in [4.69, 9.17) is 15.2 Å². The Hall–Kier alpha value is -0.160. The number of methoxy groups -OCH3 is 1. The minimum Gasteiger partial charge on any atom is -0.383 e. The van der Waals surface area contributed by atoms with Crippen LogP contribution in [0.4, 0.5) is 0 Å². The Kier molecular flexibility index (Phi) is 6.17. The monoisotopic (exact) mass is 216 g/mol. The lowest BCUT2D eigenvalue weighted by Gasteiger charge is -2.31. The summed E-state index contributed by atoms with van der Waals surface area (Å²) in [6.45, 7) is 6.42. The summed E-state index contributed by atoms with van der Waals surface area (Å²) in [6.07, 6.45) is 2.77. The molecule has 0 radical (unpaired) electrons. The summed E-state index contributed by atoms with van der Waals surface area (Å²) in [5.74, 6) is 0. The number of hydrogen-bond acceptors (Lipinski definition) is 4. The van der Waals surface area contributed by atoms with Gasteiger partial charge in [-0.1, -0.05) is 6.92 Å². The zero-order valence-corrected chi connectivity index (χ0v) is 9.95. The van der Waals surface area contributed by atoms with E-state index in [-0.39, 0.29) is 0 Å². The van der Waals surface area contributed by atoms with Crippen LogP contribution in [0.1, 0.15) is 19.8 Å². The van der Waals surface area contributed by atoms with E-state index in [1.54, 1.807) is 7.11 Å². The van der Waals surface area contributed by atoms with Crippen molar-refractivity contribution in [2.75, 3.05) is 40.0 Å². The minimum absolute atomic E-state index is 0.323. The van der Waals surface area contributed by atoms with Crippen molar-refractivity contribution < 1.29 is 9.47 Å². The molecule has 0 aromatic rings. The van der Waals surface area contributed by atoms with Gasteiger partial charge in [-0.15, -0.1) is 0 Å². The number of nitrogens with two attached hydrogens (primary N) is 1. The Morgan fingerprint density at radius 3 is 2.87 bits per heavy atom. The van der Waals surface area contributed by atoms with Crippen LogP contribution < -0.4 is 5.73 Å². The molecule has 0 aromatic heterocycles. The third kappa shape index (κ3) is 4.07. The Labute approximate surface area is 92.7 Å². The Morgan fingerprint density at radius 1 is 1.60 bits per heavy atom. The van der Waals surface area contributed by atoms with E-state index in [1.807, 2.05) is 0 Å². The number of ether oxygens (including phenoxy) is 2. The third-order valence-electron chi connectivity index (χ3n) is 3.02. The number of rotatable bonds is 7. The summed E-state index contributed by atoms with van der Waals surface area (Å²) in [7, 11) is 1.72. The number of hydrogen-bond donors (Lipinski definition) is 1. The highest BCUT2D eigenvalue weighted by molar-refractivity contribution is 4.76. The van der Waals surface area contributed by atoms with Gasteiger partial charge < -0.3 is 15.2 Å². The van der Waals surface area contributed by atoms with Gasteiger partial charge in [-0.25, -0.2) is 0 Å². The zero-order valence-electron chi connectivity index (χ0n) is 9.95. The molecule has 0 bridgehead atoms. The standard InChI is InChI=1S/C11H24N2O2/c1-3-13(10(7-12)9-14-2)8-11-5-4-6-15-11/h10-11H,3-9,12H2,1-2H3. The molecular formula is C11H24N2O2. The van der Waals surface area contributed by atoms with Crippen LogP contribution in [0.2, 0.25) is 0 Å². The second-order valence-electron chi connectivity index (χ2n) is 4.07. The van der Waals surface area contributed by atoms with Crippen molar-refractivity contribution in [1.82, 2.24) is 4.90 Å².